The zero-order valence-corrected chi connectivity index (χ0v) is 16.5. The summed E-state index contributed by atoms with van der Waals surface area (Å²) < 4.78 is 0. The molecule has 2 fully saturated rings. The van der Waals surface area contributed by atoms with Crippen molar-refractivity contribution in [2.45, 2.75) is 77.3 Å². The molecule has 2 aliphatic rings. The van der Waals surface area contributed by atoms with Crippen LogP contribution in [0.4, 0.5) is 0 Å². The van der Waals surface area contributed by atoms with Crippen LogP contribution in [-0.2, 0) is 13.1 Å². The summed E-state index contributed by atoms with van der Waals surface area (Å²) in [6.45, 7) is 10.7. The standard InChI is InChI=1S/C24H36N2/c1-19(23-9-5-3-6-10-23)25-17-21-13-15-22(16-14-21)18-26-20(2)24-11-7-4-8-12-24/h13-16,23-26H,1-12,17-18H2/p+2. The van der Waals surface area contributed by atoms with Crippen LogP contribution in [0, 0.1) is 11.8 Å². The van der Waals surface area contributed by atoms with Gasteiger partial charge in [0, 0.05) is 23.0 Å². The Labute approximate surface area is 160 Å². The number of hydrogen-bond acceptors (Lipinski definition) is 0. The van der Waals surface area contributed by atoms with Gasteiger partial charge in [-0.1, -0.05) is 62.8 Å². The summed E-state index contributed by atoms with van der Waals surface area (Å²) >= 11 is 0. The fourth-order valence-corrected chi connectivity index (χ4v) is 4.59. The number of quaternary nitrogens is 2. The van der Waals surface area contributed by atoms with Crippen molar-refractivity contribution in [2.75, 3.05) is 0 Å². The van der Waals surface area contributed by atoms with E-state index in [9.17, 15) is 0 Å². The largest absolute Gasteiger partial charge is 0.314 e. The third-order valence-electron chi connectivity index (χ3n) is 6.48. The highest BCUT2D eigenvalue weighted by Gasteiger charge is 2.20. The van der Waals surface area contributed by atoms with Gasteiger partial charge < -0.3 is 10.6 Å². The van der Waals surface area contributed by atoms with Crippen LogP contribution in [0.25, 0.3) is 0 Å². The molecule has 0 aromatic heterocycles. The van der Waals surface area contributed by atoms with E-state index in [1.165, 1.54) is 86.7 Å². The summed E-state index contributed by atoms with van der Waals surface area (Å²) in [5, 5.41) is 4.73. The first kappa shape index (κ1) is 19.4. The van der Waals surface area contributed by atoms with Crippen LogP contribution in [0.1, 0.15) is 75.3 Å². The SMILES string of the molecule is C=C([NH2+]Cc1ccc(C[NH2+]C(=C)C2CCCCC2)cc1)C1CCCCC1. The monoisotopic (exact) mass is 354 g/mol. The quantitative estimate of drug-likeness (QED) is 0.707. The van der Waals surface area contributed by atoms with Crippen molar-refractivity contribution in [2.24, 2.45) is 11.8 Å². The zero-order chi connectivity index (χ0) is 18.2. The summed E-state index contributed by atoms with van der Waals surface area (Å²) in [7, 11) is 0. The van der Waals surface area contributed by atoms with Crippen molar-refractivity contribution in [1.82, 2.24) is 0 Å². The molecular formula is C24H38N2+2. The first-order valence-corrected chi connectivity index (χ1v) is 10.8. The van der Waals surface area contributed by atoms with Crippen LogP contribution in [0.3, 0.4) is 0 Å². The van der Waals surface area contributed by atoms with Gasteiger partial charge in [0.25, 0.3) is 0 Å². The second-order valence-corrected chi connectivity index (χ2v) is 8.45. The molecule has 2 heteroatoms. The number of rotatable bonds is 8. The minimum atomic E-state index is 0.739. The van der Waals surface area contributed by atoms with Gasteiger partial charge in [-0.3, -0.25) is 0 Å². The van der Waals surface area contributed by atoms with Gasteiger partial charge in [0.1, 0.15) is 24.5 Å². The van der Waals surface area contributed by atoms with Crippen molar-refractivity contribution in [3.05, 3.63) is 59.9 Å². The Kier molecular flexibility index (Phi) is 7.52. The van der Waals surface area contributed by atoms with Crippen molar-refractivity contribution < 1.29 is 10.6 Å². The van der Waals surface area contributed by atoms with Crippen LogP contribution >= 0.6 is 0 Å². The third kappa shape index (κ3) is 5.82. The smallest absolute Gasteiger partial charge is 0.106 e. The fraction of sp³-hybridized carbons (Fsp3) is 0.583. The van der Waals surface area contributed by atoms with Gasteiger partial charge in [-0.2, -0.15) is 0 Å². The Balaban J connectivity index is 1.40. The van der Waals surface area contributed by atoms with E-state index >= 15 is 0 Å². The number of benzene rings is 1. The zero-order valence-electron chi connectivity index (χ0n) is 16.5. The molecule has 0 saturated heterocycles. The van der Waals surface area contributed by atoms with E-state index in [1.54, 1.807) is 0 Å². The molecule has 2 aliphatic carbocycles. The van der Waals surface area contributed by atoms with Crippen LogP contribution in [0.2, 0.25) is 0 Å². The van der Waals surface area contributed by atoms with Crippen LogP contribution < -0.4 is 10.6 Å². The predicted molar refractivity (Wildman–Crippen MR) is 109 cm³/mol. The van der Waals surface area contributed by atoms with Gasteiger partial charge in [-0.25, -0.2) is 0 Å². The molecule has 0 spiro atoms. The van der Waals surface area contributed by atoms with Crippen LogP contribution in [0.15, 0.2) is 48.8 Å². The van der Waals surface area contributed by atoms with Gasteiger partial charge in [0.15, 0.2) is 0 Å². The fourth-order valence-electron chi connectivity index (χ4n) is 4.59. The summed E-state index contributed by atoms with van der Waals surface area (Å²) in [6, 6.07) is 9.16. The molecule has 4 N–H and O–H groups in total. The Morgan fingerprint density at radius 1 is 0.654 bits per heavy atom. The van der Waals surface area contributed by atoms with E-state index in [2.05, 4.69) is 48.1 Å². The van der Waals surface area contributed by atoms with Crippen molar-refractivity contribution in [3.8, 4) is 0 Å². The molecule has 3 rings (SSSR count). The summed E-state index contributed by atoms with van der Waals surface area (Å²) in [4.78, 5) is 0. The van der Waals surface area contributed by atoms with E-state index in [4.69, 9.17) is 0 Å². The first-order chi connectivity index (χ1) is 12.7. The molecule has 0 radical (unpaired) electrons. The minimum absolute atomic E-state index is 0.739. The topological polar surface area (TPSA) is 33.2 Å². The molecule has 1 aromatic rings. The molecule has 1 aromatic carbocycles. The van der Waals surface area contributed by atoms with Gasteiger partial charge in [-0.15, -0.1) is 0 Å². The minimum Gasteiger partial charge on any atom is -0.314 e. The lowest BCUT2D eigenvalue weighted by Gasteiger charge is -2.21. The molecule has 0 heterocycles. The number of allylic oxidation sites excluding steroid dienone is 2. The maximum Gasteiger partial charge on any atom is 0.106 e. The second kappa shape index (κ2) is 10.1. The van der Waals surface area contributed by atoms with Crippen molar-refractivity contribution in [3.63, 3.8) is 0 Å². The Morgan fingerprint density at radius 3 is 1.35 bits per heavy atom. The van der Waals surface area contributed by atoms with E-state index in [-0.39, 0.29) is 0 Å². The van der Waals surface area contributed by atoms with E-state index < -0.39 is 0 Å². The summed E-state index contributed by atoms with van der Waals surface area (Å²) in [5.74, 6) is 1.48. The maximum absolute atomic E-state index is 4.33. The van der Waals surface area contributed by atoms with Gasteiger partial charge in [-0.05, 0) is 38.8 Å². The Hall–Kier alpha value is -1.38. The normalized spacial score (nSPS) is 19.4. The lowest BCUT2D eigenvalue weighted by Crippen LogP contribution is -2.81. The van der Waals surface area contributed by atoms with Gasteiger partial charge in [0.2, 0.25) is 0 Å². The molecule has 142 valence electrons. The molecule has 2 nitrogen and oxygen atoms in total. The van der Waals surface area contributed by atoms with Crippen molar-refractivity contribution >= 4 is 0 Å². The van der Waals surface area contributed by atoms with E-state index in [0.717, 1.165) is 24.9 Å². The molecule has 0 amide bonds. The summed E-state index contributed by atoms with van der Waals surface area (Å²) in [6.07, 6.45) is 13.7. The maximum atomic E-state index is 4.33. The molecule has 0 unspecified atom stereocenters. The molecule has 0 aliphatic heterocycles. The lowest BCUT2D eigenvalue weighted by atomic mass is 9.87. The Bertz CT molecular complexity index is 522. The van der Waals surface area contributed by atoms with Crippen molar-refractivity contribution in [1.29, 1.82) is 0 Å². The lowest BCUT2D eigenvalue weighted by molar-refractivity contribution is -0.629. The number of nitrogens with two attached hydrogens (primary N) is 2. The average molecular weight is 355 g/mol. The first-order valence-electron chi connectivity index (χ1n) is 10.8. The summed E-state index contributed by atoms with van der Waals surface area (Å²) in [5.41, 5.74) is 5.53. The second-order valence-electron chi connectivity index (χ2n) is 8.45. The highest BCUT2D eigenvalue weighted by atomic mass is 14.9. The van der Waals surface area contributed by atoms with Gasteiger partial charge in [0.05, 0.1) is 0 Å². The highest BCUT2D eigenvalue weighted by molar-refractivity contribution is 5.21. The van der Waals surface area contributed by atoms with Crippen LogP contribution in [0.5, 0.6) is 0 Å². The average Bonchev–Trinajstić information content (AvgIpc) is 2.72. The molecule has 0 bridgehead atoms. The highest BCUT2D eigenvalue weighted by Crippen LogP contribution is 2.26. The van der Waals surface area contributed by atoms with Crippen LogP contribution in [-0.4, -0.2) is 0 Å². The van der Waals surface area contributed by atoms with E-state index in [0.29, 0.717) is 0 Å². The molecule has 2 saturated carbocycles. The predicted octanol–water partition coefficient (Wildman–Crippen LogP) is 4.00. The third-order valence-corrected chi connectivity index (χ3v) is 6.48. The number of hydrogen-bond donors (Lipinski definition) is 2. The molecular weight excluding hydrogens is 316 g/mol. The molecule has 0 atom stereocenters. The Morgan fingerprint density at radius 2 is 1.00 bits per heavy atom. The van der Waals surface area contributed by atoms with Gasteiger partial charge >= 0.3 is 0 Å². The van der Waals surface area contributed by atoms with E-state index in [1.807, 2.05) is 0 Å². The molecule has 26 heavy (non-hydrogen) atoms.